The summed E-state index contributed by atoms with van der Waals surface area (Å²) in [6.07, 6.45) is 2.43. The lowest BCUT2D eigenvalue weighted by molar-refractivity contribution is 0.118. The van der Waals surface area contributed by atoms with Gasteiger partial charge < -0.3 is 4.84 Å². The summed E-state index contributed by atoms with van der Waals surface area (Å²) < 4.78 is 0. The molecule has 3 aliphatic heterocycles. The zero-order valence-corrected chi connectivity index (χ0v) is 12.1. The van der Waals surface area contributed by atoms with Gasteiger partial charge >= 0.3 is 0 Å². The van der Waals surface area contributed by atoms with Crippen molar-refractivity contribution in [1.82, 2.24) is 4.90 Å². The molecule has 5 heteroatoms. The highest BCUT2D eigenvalue weighted by molar-refractivity contribution is 6.42. The number of hydrogen-bond donors (Lipinski definition) is 0. The first-order valence-corrected chi connectivity index (χ1v) is 7.33. The van der Waals surface area contributed by atoms with E-state index in [2.05, 4.69) is 10.1 Å². The zero-order chi connectivity index (χ0) is 13.2. The van der Waals surface area contributed by atoms with E-state index in [0.29, 0.717) is 22.6 Å². The van der Waals surface area contributed by atoms with Crippen molar-refractivity contribution < 1.29 is 4.84 Å². The lowest BCUT2D eigenvalue weighted by Crippen LogP contribution is -2.47. The molecule has 0 aromatic heterocycles. The normalized spacial score (nSPS) is 27.8. The number of oxime groups is 1. The molecule has 3 saturated heterocycles. The molecule has 19 heavy (non-hydrogen) atoms. The lowest BCUT2D eigenvalue weighted by Gasteiger charge is -2.39. The molecule has 3 aliphatic rings. The number of benzene rings is 1. The van der Waals surface area contributed by atoms with Crippen LogP contribution in [-0.4, -0.2) is 30.2 Å². The SMILES string of the molecule is Clc1ccc(CO/N=C2\CN3CCC2CC3)cc1Cl. The Labute approximate surface area is 123 Å². The number of nitrogens with zero attached hydrogens (tertiary/aromatic N) is 2. The fraction of sp³-hybridized carbons (Fsp3) is 0.500. The van der Waals surface area contributed by atoms with E-state index in [4.69, 9.17) is 28.0 Å². The van der Waals surface area contributed by atoms with E-state index in [-0.39, 0.29) is 0 Å². The highest BCUT2D eigenvalue weighted by Crippen LogP contribution is 2.26. The van der Waals surface area contributed by atoms with Crippen LogP contribution in [0.15, 0.2) is 23.4 Å². The Bertz CT molecular complexity index is 496. The average molecular weight is 299 g/mol. The molecule has 4 rings (SSSR count). The highest BCUT2D eigenvalue weighted by Gasteiger charge is 2.31. The lowest BCUT2D eigenvalue weighted by atomic mass is 9.87. The van der Waals surface area contributed by atoms with Crippen molar-refractivity contribution >= 4 is 28.9 Å². The second-order valence-corrected chi connectivity index (χ2v) is 5.97. The molecule has 1 aromatic rings. The molecule has 1 aromatic carbocycles. The van der Waals surface area contributed by atoms with Crippen LogP contribution in [0.1, 0.15) is 18.4 Å². The van der Waals surface area contributed by atoms with Crippen LogP contribution in [0.2, 0.25) is 10.0 Å². The van der Waals surface area contributed by atoms with E-state index in [1.807, 2.05) is 12.1 Å². The second-order valence-electron chi connectivity index (χ2n) is 5.15. The van der Waals surface area contributed by atoms with Crippen LogP contribution >= 0.6 is 23.2 Å². The summed E-state index contributed by atoms with van der Waals surface area (Å²) in [4.78, 5) is 7.90. The molecule has 0 aliphatic carbocycles. The predicted molar refractivity (Wildman–Crippen MR) is 77.9 cm³/mol. The standard InChI is InChI=1S/C14H16Cl2N2O/c15-12-2-1-10(7-13(12)16)9-19-17-14-8-18-5-3-11(14)4-6-18/h1-2,7,11H,3-6,8-9H2/b17-14+. The number of fused-ring (bicyclic) bond motifs is 3. The van der Waals surface area contributed by atoms with E-state index in [1.54, 1.807) is 6.07 Å². The topological polar surface area (TPSA) is 24.8 Å². The maximum atomic E-state index is 5.96. The Hall–Kier alpha value is -0.770. The second kappa shape index (κ2) is 5.70. The van der Waals surface area contributed by atoms with E-state index >= 15 is 0 Å². The Morgan fingerprint density at radius 2 is 2.00 bits per heavy atom. The first-order chi connectivity index (χ1) is 9.22. The van der Waals surface area contributed by atoms with Crippen LogP contribution in [-0.2, 0) is 11.4 Å². The van der Waals surface area contributed by atoms with Crippen molar-refractivity contribution in [2.75, 3.05) is 19.6 Å². The molecule has 3 nitrogen and oxygen atoms in total. The quantitative estimate of drug-likeness (QED) is 0.797. The van der Waals surface area contributed by atoms with Gasteiger partial charge in [-0.05, 0) is 43.6 Å². The third kappa shape index (κ3) is 3.04. The molecular formula is C14H16Cl2N2O. The molecule has 0 saturated carbocycles. The van der Waals surface area contributed by atoms with Gasteiger partial charge in [0.05, 0.1) is 15.8 Å². The van der Waals surface area contributed by atoms with Gasteiger partial charge in [0.15, 0.2) is 0 Å². The van der Waals surface area contributed by atoms with Crippen molar-refractivity contribution in [2.45, 2.75) is 19.4 Å². The molecule has 102 valence electrons. The van der Waals surface area contributed by atoms with E-state index in [1.165, 1.54) is 31.6 Å². The Morgan fingerprint density at radius 3 is 2.63 bits per heavy atom. The van der Waals surface area contributed by atoms with Crippen LogP contribution in [0, 0.1) is 5.92 Å². The average Bonchev–Trinajstić information content (AvgIpc) is 2.44. The monoisotopic (exact) mass is 298 g/mol. The van der Waals surface area contributed by atoms with Crippen molar-refractivity contribution in [3.8, 4) is 0 Å². The third-order valence-corrected chi connectivity index (χ3v) is 4.58. The highest BCUT2D eigenvalue weighted by atomic mass is 35.5. The first kappa shape index (κ1) is 13.2. The van der Waals surface area contributed by atoms with E-state index < -0.39 is 0 Å². The van der Waals surface area contributed by atoms with E-state index in [9.17, 15) is 0 Å². The molecule has 0 radical (unpaired) electrons. The minimum atomic E-state index is 0.438. The molecule has 3 fully saturated rings. The van der Waals surface area contributed by atoms with Gasteiger partial charge in [-0.3, -0.25) is 4.90 Å². The van der Waals surface area contributed by atoms with Crippen molar-refractivity contribution in [3.05, 3.63) is 33.8 Å². The number of rotatable bonds is 3. The largest absolute Gasteiger partial charge is 0.391 e. The minimum Gasteiger partial charge on any atom is -0.391 e. The molecule has 0 N–H and O–H groups in total. The first-order valence-electron chi connectivity index (χ1n) is 6.57. The summed E-state index contributed by atoms with van der Waals surface area (Å²) in [5.41, 5.74) is 2.18. The molecular weight excluding hydrogens is 283 g/mol. The van der Waals surface area contributed by atoms with Crippen LogP contribution in [0.4, 0.5) is 0 Å². The summed E-state index contributed by atoms with van der Waals surface area (Å²) in [6, 6.07) is 5.51. The van der Waals surface area contributed by atoms with Gasteiger partial charge in [-0.15, -0.1) is 0 Å². The number of halogens is 2. The molecule has 3 heterocycles. The fourth-order valence-corrected chi connectivity index (χ4v) is 3.03. The van der Waals surface area contributed by atoms with Crippen LogP contribution < -0.4 is 0 Å². The van der Waals surface area contributed by atoms with E-state index in [0.717, 1.165) is 12.1 Å². The molecule has 0 unspecified atom stereocenters. The van der Waals surface area contributed by atoms with Crippen LogP contribution in [0.25, 0.3) is 0 Å². The maximum Gasteiger partial charge on any atom is 0.142 e. The predicted octanol–water partition coefficient (Wildman–Crippen LogP) is 3.59. The molecule has 2 bridgehead atoms. The number of piperidine rings is 3. The van der Waals surface area contributed by atoms with Gasteiger partial charge in [0.2, 0.25) is 0 Å². The van der Waals surface area contributed by atoms with Gasteiger partial charge in [-0.25, -0.2) is 0 Å². The summed E-state index contributed by atoms with van der Waals surface area (Å²) in [6.45, 7) is 3.81. The van der Waals surface area contributed by atoms with Gasteiger partial charge in [-0.1, -0.05) is 34.4 Å². The zero-order valence-electron chi connectivity index (χ0n) is 10.6. The smallest absolute Gasteiger partial charge is 0.142 e. The molecule has 0 atom stereocenters. The Kier molecular flexibility index (Phi) is 3.96. The molecule has 0 spiro atoms. The molecule has 0 amide bonds. The van der Waals surface area contributed by atoms with Crippen LogP contribution in [0.5, 0.6) is 0 Å². The summed E-state index contributed by atoms with van der Waals surface area (Å²) in [5, 5.41) is 5.43. The van der Waals surface area contributed by atoms with Gasteiger partial charge in [0.25, 0.3) is 0 Å². The minimum absolute atomic E-state index is 0.438. The summed E-state index contributed by atoms with van der Waals surface area (Å²) >= 11 is 11.8. The summed E-state index contributed by atoms with van der Waals surface area (Å²) in [5.74, 6) is 0.624. The maximum absolute atomic E-state index is 5.96. The Balaban J connectivity index is 1.59. The van der Waals surface area contributed by atoms with Gasteiger partial charge in [-0.2, -0.15) is 0 Å². The Morgan fingerprint density at radius 1 is 1.21 bits per heavy atom. The third-order valence-electron chi connectivity index (χ3n) is 3.84. The number of hydrogen-bond acceptors (Lipinski definition) is 3. The van der Waals surface area contributed by atoms with Gasteiger partial charge in [0.1, 0.15) is 6.61 Å². The summed E-state index contributed by atoms with van der Waals surface area (Å²) in [7, 11) is 0. The van der Waals surface area contributed by atoms with Gasteiger partial charge in [0, 0.05) is 12.5 Å². The van der Waals surface area contributed by atoms with Crippen LogP contribution in [0.3, 0.4) is 0 Å². The van der Waals surface area contributed by atoms with Crippen molar-refractivity contribution in [3.63, 3.8) is 0 Å². The van der Waals surface area contributed by atoms with Crippen molar-refractivity contribution in [1.29, 1.82) is 0 Å². The van der Waals surface area contributed by atoms with Crippen molar-refractivity contribution in [2.24, 2.45) is 11.1 Å². The fourth-order valence-electron chi connectivity index (χ4n) is 2.71.